The second kappa shape index (κ2) is 7.22. The highest BCUT2D eigenvalue weighted by molar-refractivity contribution is 6.29. The van der Waals surface area contributed by atoms with Crippen molar-refractivity contribution in [3.8, 4) is 0 Å². The Morgan fingerprint density at radius 1 is 1.52 bits per heavy atom. The SMILES string of the molecule is C=C/C=C(\C)N(Cc1ccnc(Cl)c1)N1[C@@H](C(F)(F)F)C1(C)/C=C\C. The predicted octanol–water partition coefficient (Wildman–Crippen LogP) is 5.12. The molecule has 0 aromatic carbocycles. The minimum atomic E-state index is -4.34. The van der Waals surface area contributed by atoms with Gasteiger partial charge < -0.3 is 5.01 Å². The van der Waals surface area contributed by atoms with Crippen LogP contribution in [0, 0.1) is 0 Å². The molecular weight excluding hydrogens is 351 g/mol. The van der Waals surface area contributed by atoms with Gasteiger partial charge in [-0.2, -0.15) is 18.2 Å². The molecule has 0 radical (unpaired) electrons. The van der Waals surface area contributed by atoms with Gasteiger partial charge in [-0.1, -0.05) is 36.4 Å². The third-order valence-corrected chi connectivity index (χ3v) is 4.39. The van der Waals surface area contributed by atoms with E-state index in [4.69, 9.17) is 11.6 Å². The lowest BCUT2D eigenvalue weighted by molar-refractivity contribution is -0.148. The molecule has 7 heteroatoms. The minimum absolute atomic E-state index is 0.248. The molecule has 0 aliphatic carbocycles. The van der Waals surface area contributed by atoms with Gasteiger partial charge >= 0.3 is 6.18 Å². The number of hydrazine groups is 1. The van der Waals surface area contributed by atoms with Crippen molar-refractivity contribution in [1.82, 2.24) is 15.0 Å². The van der Waals surface area contributed by atoms with Gasteiger partial charge in [-0.25, -0.2) is 4.98 Å². The fourth-order valence-electron chi connectivity index (χ4n) is 3.10. The molecule has 0 N–H and O–H groups in total. The van der Waals surface area contributed by atoms with E-state index in [1.54, 1.807) is 62.2 Å². The first-order valence-electron chi connectivity index (χ1n) is 7.82. The summed E-state index contributed by atoms with van der Waals surface area (Å²) in [6.45, 7) is 8.94. The summed E-state index contributed by atoms with van der Waals surface area (Å²) >= 11 is 5.91. The lowest BCUT2D eigenvalue weighted by Crippen LogP contribution is -2.33. The number of rotatable bonds is 6. The first-order chi connectivity index (χ1) is 11.6. The zero-order chi connectivity index (χ0) is 18.8. The number of aromatic nitrogens is 1. The number of pyridine rings is 1. The molecule has 136 valence electrons. The molecule has 1 aliphatic rings. The van der Waals surface area contributed by atoms with Crippen molar-refractivity contribution in [2.24, 2.45) is 0 Å². The van der Waals surface area contributed by atoms with Gasteiger partial charge in [0.15, 0.2) is 0 Å². The summed E-state index contributed by atoms with van der Waals surface area (Å²) in [4.78, 5) is 3.91. The third kappa shape index (κ3) is 4.07. The van der Waals surface area contributed by atoms with Crippen LogP contribution in [0.2, 0.25) is 5.15 Å². The van der Waals surface area contributed by atoms with Gasteiger partial charge in [0.05, 0.1) is 12.1 Å². The highest BCUT2D eigenvalue weighted by Crippen LogP contribution is 2.53. The van der Waals surface area contributed by atoms with Crippen LogP contribution in [-0.4, -0.2) is 32.8 Å². The molecule has 0 bridgehead atoms. The molecule has 0 spiro atoms. The average Bonchev–Trinajstić information content (AvgIpc) is 3.11. The van der Waals surface area contributed by atoms with Crippen LogP contribution in [0.3, 0.4) is 0 Å². The van der Waals surface area contributed by atoms with Crippen LogP contribution in [-0.2, 0) is 6.54 Å². The van der Waals surface area contributed by atoms with E-state index in [1.807, 2.05) is 0 Å². The maximum absolute atomic E-state index is 13.5. The van der Waals surface area contributed by atoms with Crippen LogP contribution >= 0.6 is 11.6 Å². The van der Waals surface area contributed by atoms with Gasteiger partial charge in [-0.3, -0.25) is 0 Å². The summed E-state index contributed by atoms with van der Waals surface area (Å²) in [5, 5.41) is 3.26. The Morgan fingerprint density at radius 2 is 2.20 bits per heavy atom. The Kier molecular flexibility index (Phi) is 5.64. The van der Waals surface area contributed by atoms with E-state index in [2.05, 4.69) is 11.6 Å². The monoisotopic (exact) mass is 371 g/mol. The van der Waals surface area contributed by atoms with Crippen molar-refractivity contribution in [3.63, 3.8) is 0 Å². The lowest BCUT2D eigenvalue weighted by Gasteiger charge is -2.29. The summed E-state index contributed by atoms with van der Waals surface area (Å²) in [5.74, 6) is 0. The molecule has 2 heterocycles. The van der Waals surface area contributed by atoms with Crippen LogP contribution in [0.4, 0.5) is 13.2 Å². The molecule has 1 aromatic rings. The van der Waals surface area contributed by atoms with Crippen molar-refractivity contribution in [2.75, 3.05) is 0 Å². The Balaban J connectivity index is 2.42. The van der Waals surface area contributed by atoms with Gasteiger partial charge in [0.2, 0.25) is 0 Å². The van der Waals surface area contributed by atoms with Crippen molar-refractivity contribution in [1.29, 1.82) is 0 Å². The van der Waals surface area contributed by atoms with Crippen LogP contribution in [0.15, 0.2) is 54.9 Å². The van der Waals surface area contributed by atoms with Crippen LogP contribution in [0.5, 0.6) is 0 Å². The maximum Gasteiger partial charge on any atom is 0.408 e. The Morgan fingerprint density at radius 3 is 2.72 bits per heavy atom. The fraction of sp³-hybridized carbons (Fsp3) is 0.389. The molecule has 3 atom stereocenters. The first-order valence-corrected chi connectivity index (χ1v) is 8.20. The molecule has 1 aromatic heterocycles. The van der Waals surface area contributed by atoms with E-state index < -0.39 is 17.8 Å². The number of hydrogen-bond donors (Lipinski definition) is 0. The average molecular weight is 372 g/mol. The summed E-state index contributed by atoms with van der Waals surface area (Å²) in [6, 6.07) is 1.80. The summed E-state index contributed by atoms with van der Waals surface area (Å²) in [7, 11) is 0. The van der Waals surface area contributed by atoms with Gasteiger partial charge in [-0.05, 0) is 44.5 Å². The van der Waals surface area contributed by atoms with Gasteiger partial charge in [-0.15, -0.1) is 0 Å². The molecule has 25 heavy (non-hydrogen) atoms. The minimum Gasteiger partial charge on any atom is -0.304 e. The summed E-state index contributed by atoms with van der Waals surface area (Å²) < 4.78 is 40.6. The number of halogens is 4. The quantitative estimate of drug-likeness (QED) is 0.299. The Bertz CT molecular complexity index is 699. The molecular formula is C18H21ClF3N3. The number of allylic oxidation sites excluding steroid dienone is 4. The van der Waals surface area contributed by atoms with Crippen molar-refractivity contribution < 1.29 is 13.2 Å². The molecule has 1 fully saturated rings. The number of hydrogen-bond acceptors (Lipinski definition) is 3. The molecule has 3 nitrogen and oxygen atoms in total. The first kappa shape index (κ1) is 19.5. The Labute approximate surface area is 151 Å². The van der Waals surface area contributed by atoms with Crippen LogP contribution in [0.1, 0.15) is 26.3 Å². The standard InChI is InChI=1S/C18H21ClF3N3/c1-5-7-13(3)24(12-14-8-10-23-15(19)11-14)25-16(18(20,21)22)17(25,4)9-6-2/h5-11,16H,1,12H2,2-4H3/b9-6-,13-7+/t16-,17?,25?/m1/s1. The highest BCUT2D eigenvalue weighted by Gasteiger charge is 2.72. The molecule has 2 unspecified atom stereocenters. The summed E-state index contributed by atoms with van der Waals surface area (Å²) in [6.07, 6.45) is 3.67. The number of alkyl halides is 3. The molecule has 1 saturated heterocycles. The van der Waals surface area contributed by atoms with E-state index >= 15 is 0 Å². The van der Waals surface area contributed by atoms with Crippen LogP contribution in [0.25, 0.3) is 0 Å². The number of nitrogens with zero attached hydrogens (tertiary/aromatic N) is 3. The molecule has 1 aliphatic heterocycles. The third-order valence-electron chi connectivity index (χ3n) is 4.19. The Hall–Kier alpha value is -1.79. The topological polar surface area (TPSA) is 19.1 Å². The second-order valence-electron chi connectivity index (χ2n) is 6.10. The molecule has 2 rings (SSSR count). The highest BCUT2D eigenvalue weighted by atomic mass is 35.5. The zero-order valence-electron chi connectivity index (χ0n) is 14.4. The lowest BCUT2D eigenvalue weighted by atomic mass is 10.1. The smallest absolute Gasteiger partial charge is 0.304 e. The maximum atomic E-state index is 13.5. The van der Waals surface area contributed by atoms with E-state index in [-0.39, 0.29) is 6.54 Å². The van der Waals surface area contributed by atoms with E-state index in [0.29, 0.717) is 10.9 Å². The van der Waals surface area contributed by atoms with Crippen molar-refractivity contribution >= 4 is 11.6 Å². The molecule has 0 saturated carbocycles. The van der Waals surface area contributed by atoms with Crippen molar-refractivity contribution in [3.05, 3.63) is 65.6 Å². The largest absolute Gasteiger partial charge is 0.408 e. The normalized spacial score (nSPS) is 26.8. The van der Waals surface area contributed by atoms with Crippen molar-refractivity contribution in [2.45, 2.75) is 45.1 Å². The zero-order valence-corrected chi connectivity index (χ0v) is 15.1. The fourth-order valence-corrected chi connectivity index (χ4v) is 3.30. The summed E-state index contributed by atoms with van der Waals surface area (Å²) in [5.41, 5.74) is 0.304. The molecule has 0 amide bonds. The van der Waals surface area contributed by atoms with E-state index in [1.165, 1.54) is 11.2 Å². The van der Waals surface area contributed by atoms with E-state index in [0.717, 1.165) is 5.56 Å². The predicted molar refractivity (Wildman–Crippen MR) is 93.6 cm³/mol. The van der Waals surface area contributed by atoms with E-state index in [9.17, 15) is 13.2 Å². The second-order valence-corrected chi connectivity index (χ2v) is 6.49. The van der Waals surface area contributed by atoms with Gasteiger partial charge in [0.1, 0.15) is 11.2 Å². The van der Waals surface area contributed by atoms with Gasteiger partial charge in [0.25, 0.3) is 0 Å². The van der Waals surface area contributed by atoms with Gasteiger partial charge in [0, 0.05) is 11.9 Å². The van der Waals surface area contributed by atoms with Crippen LogP contribution < -0.4 is 0 Å².